The van der Waals surface area contributed by atoms with Crippen LogP contribution in [0.3, 0.4) is 0 Å². The Labute approximate surface area is 221 Å². The van der Waals surface area contributed by atoms with Crippen molar-refractivity contribution in [3.05, 3.63) is 76.7 Å². The summed E-state index contributed by atoms with van der Waals surface area (Å²) in [5.74, 6) is -3.31. The number of anilines is 1. The largest absolute Gasteiger partial charge is 0.395 e. The zero-order valence-electron chi connectivity index (χ0n) is 21.7. The van der Waals surface area contributed by atoms with Crippen molar-refractivity contribution in [2.45, 2.75) is 51.7 Å². The highest BCUT2D eigenvalue weighted by Gasteiger charge is 2.39. The number of rotatable bonds is 10. The van der Waals surface area contributed by atoms with Gasteiger partial charge in [0.1, 0.15) is 11.9 Å². The van der Waals surface area contributed by atoms with E-state index >= 15 is 0 Å². The monoisotopic (exact) mass is 526 g/mol. The highest BCUT2D eigenvalue weighted by molar-refractivity contribution is 6.02. The Bertz CT molecular complexity index is 1230. The van der Waals surface area contributed by atoms with Gasteiger partial charge in [-0.15, -0.1) is 0 Å². The van der Waals surface area contributed by atoms with E-state index in [2.05, 4.69) is 17.2 Å². The Kier molecular flexibility index (Phi) is 8.17. The van der Waals surface area contributed by atoms with Crippen molar-refractivity contribution in [2.24, 2.45) is 5.92 Å². The van der Waals surface area contributed by atoms with Gasteiger partial charge in [-0.05, 0) is 49.1 Å². The summed E-state index contributed by atoms with van der Waals surface area (Å²) in [4.78, 5) is 28.5. The van der Waals surface area contributed by atoms with Crippen molar-refractivity contribution < 1.29 is 29.3 Å². The van der Waals surface area contributed by atoms with E-state index in [-0.39, 0.29) is 55.1 Å². The van der Waals surface area contributed by atoms with E-state index in [1.807, 2.05) is 13.8 Å². The van der Waals surface area contributed by atoms with Gasteiger partial charge in [0, 0.05) is 59.8 Å². The van der Waals surface area contributed by atoms with Gasteiger partial charge in [-0.1, -0.05) is 26.5 Å². The van der Waals surface area contributed by atoms with E-state index in [1.54, 1.807) is 23.1 Å². The molecule has 2 heterocycles. The topological polar surface area (TPSA) is 125 Å². The molecule has 0 radical (unpaired) electrons. The third kappa shape index (κ3) is 5.58. The van der Waals surface area contributed by atoms with Crippen molar-refractivity contribution in [1.82, 2.24) is 15.1 Å². The van der Waals surface area contributed by atoms with Gasteiger partial charge in [-0.3, -0.25) is 9.59 Å². The van der Waals surface area contributed by atoms with Crippen LogP contribution >= 0.6 is 0 Å². The molecular formula is C28H35FN4O5. The fraction of sp³-hybridized carbons (Fsp3) is 0.429. The highest BCUT2D eigenvalue weighted by atomic mass is 19.1. The van der Waals surface area contributed by atoms with Gasteiger partial charge in [-0.25, -0.2) is 9.29 Å². The van der Waals surface area contributed by atoms with Crippen LogP contribution in [0, 0.1) is 11.7 Å². The summed E-state index contributed by atoms with van der Waals surface area (Å²) < 4.78 is 14.8. The van der Waals surface area contributed by atoms with E-state index in [0.29, 0.717) is 36.3 Å². The molecule has 1 fully saturated rings. The SMILES string of the molecule is C=C1CCC(N2Cc3c(NCc4cc(C(O)(O)N(CCO)CC(C)C)ccc4F)cccc3C2=O)C(=O)N1. The molecule has 2 aliphatic rings. The van der Waals surface area contributed by atoms with Crippen LogP contribution < -0.4 is 10.6 Å². The maximum atomic E-state index is 14.8. The van der Waals surface area contributed by atoms with Crippen LogP contribution in [0.2, 0.25) is 0 Å². The van der Waals surface area contributed by atoms with E-state index in [9.17, 15) is 29.3 Å². The summed E-state index contributed by atoms with van der Waals surface area (Å²) in [7, 11) is 0. The Balaban J connectivity index is 1.53. The number of fused-ring (bicyclic) bond motifs is 1. The normalized spacial score (nSPS) is 17.8. The lowest BCUT2D eigenvalue weighted by molar-refractivity contribution is -0.279. The number of piperidine rings is 1. The molecule has 0 spiro atoms. The number of carbonyl (C=O) groups excluding carboxylic acids is 2. The lowest BCUT2D eigenvalue weighted by Crippen LogP contribution is -2.49. The zero-order valence-corrected chi connectivity index (χ0v) is 21.7. The number of aliphatic hydroxyl groups excluding tert-OH is 1. The van der Waals surface area contributed by atoms with E-state index in [4.69, 9.17) is 0 Å². The molecular weight excluding hydrogens is 491 g/mol. The van der Waals surface area contributed by atoms with Crippen molar-refractivity contribution in [3.8, 4) is 0 Å². The van der Waals surface area contributed by atoms with Gasteiger partial charge < -0.3 is 30.9 Å². The van der Waals surface area contributed by atoms with Crippen LogP contribution in [0.5, 0.6) is 0 Å². The lowest BCUT2D eigenvalue weighted by Gasteiger charge is -2.36. The van der Waals surface area contributed by atoms with Crippen LogP contribution in [0.1, 0.15) is 53.7 Å². The molecule has 1 unspecified atom stereocenters. The molecule has 2 aliphatic heterocycles. The second kappa shape index (κ2) is 11.2. The fourth-order valence-corrected chi connectivity index (χ4v) is 5.06. The number of halogens is 1. The maximum Gasteiger partial charge on any atom is 0.255 e. The molecule has 1 saturated heterocycles. The summed E-state index contributed by atoms with van der Waals surface area (Å²) in [6, 6.07) is 8.50. The Morgan fingerprint density at radius 3 is 2.71 bits per heavy atom. The van der Waals surface area contributed by atoms with E-state index < -0.39 is 17.8 Å². The second-order valence-electron chi connectivity index (χ2n) is 10.3. The maximum absolute atomic E-state index is 14.8. The number of hydrogen-bond donors (Lipinski definition) is 5. The summed E-state index contributed by atoms with van der Waals surface area (Å²) >= 11 is 0. The second-order valence-corrected chi connectivity index (χ2v) is 10.3. The molecule has 0 aromatic heterocycles. The van der Waals surface area contributed by atoms with Gasteiger partial charge in [0.25, 0.3) is 11.8 Å². The quantitative estimate of drug-likeness (QED) is 0.301. The van der Waals surface area contributed by atoms with Crippen LogP contribution in [0.15, 0.2) is 48.7 Å². The van der Waals surface area contributed by atoms with Crippen molar-refractivity contribution in [1.29, 1.82) is 0 Å². The first-order chi connectivity index (χ1) is 18.0. The standard InChI is InChI=1S/C28H35FN4O5/c1-17(2)15-32(11-12-34)28(37,38)20-8-9-23(29)19(13-20)14-30-24-6-4-5-21-22(24)16-33(27(21)36)25-10-7-18(3)31-26(25)35/h4-6,8-9,13,17,25,30,34,37-38H,3,7,10-12,14-16H2,1-2H3,(H,31,35). The van der Waals surface area contributed by atoms with Gasteiger partial charge in [0.05, 0.1) is 6.61 Å². The number of amides is 2. The molecule has 10 heteroatoms. The number of allylic oxidation sites excluding steroid dienone is 1. The molecule has 0 saturated carbocycles. The van der Waals surface area contributed by atoms with Crippen molar-refractivity contribution >= 4 is 17.5 Å². The number of benzene rings is 2. The molecule has 0 aliphatic carbocycles. The summed E-state index contributed by atoms with van der Waals surface area (Å²) in [5, 5.41) is 37.1. The molecule has 204 valence electrons. The van der Waals surface area contributed by atoms with Gasteiger partial charge in [0.15, 0.2) is 0 Å². The minimum Gasteiger partial charge on any atom is -0.395 e. The van der Waals surface area contributed by atoms with Crippen LogP contribution in [-0.2, 0) is 23.8 Å². The van der Waals surface area contributed by atoms with Crippen LogP contribution in [0.4, 0.5) is 10.1 Å². The Morgan fingerprint density at radius 2 is 2.03 bits per heavy atom. The fourth-order valence-electron chi connectivity index (χ4n) is 5.06. The molecule has 0 bridgehead atoms. The summed E-state index contributed by atoms with van der Waals surface area (Å²) in [5.41, 5.74) is 2.75. The molecule has 4 rings (SSSR count). The molecule has 5 N–H and O–H groups in total. The van der Waals surface area contributed by atoms with Crippen molar-refractivity contribution in [2.75, 3.05) is 25.0 Å². The number of aliphatic hydroxyl groups is 3. The van der Waals surface area contributed by atoms with E-state index in [1.165, 1.54) is 23.1 Å². The lowest BCUT2D eigenvalue weighted by atomic mass is 10.0. The first-order valence-corrected chi connectivity index (χ1v) is 12.8. The molecule has 2 amide bonds. The average Bonchev–Trinajstić information content (AvgIpc) is 3.19. The molecule has 1 atom stereocenters. The number of nitrogens with one attached hydrogen (secondary N) is 2. The number of nitrogens with zero attached hydrogens (tertiary/aromatic N) is 2. The third-order valence-corrected chi connectivity index (χ3v) is 6.99. The minimum atomic E-state index is -2.40. The number of carbonyl (C=O) groups is 2. The predicted molar refractivity (Wildman–Crippen MR) is 140 cm³/mol. The van der Waals surface area contributed by atoms with Crippen LogP contribution in [0.25, 0.3) is 0 Å². The molecule has 38 heavy (non-hydrogen) atoms. The zero-order chi connectivity index (χ0) is 27.6. The third-order valence-electron chi connectivity index (χ3n) is 6.99. The molecule has 2 aromatic carbocycles. The minimum absolute atomic E-state index is 0.0221. The van der Waals surface area contributed by atoms with E-state index in [0.717, 1.165) is 5.56 Å². The average molecular weight is 527 g/mol. The predicted octanol–water partition coefficient (Wildman–Crippen LogP) is 2.23. The summed E-state index contributed by atoms with van der Waals surface area (Å²) in [6.07, 6.45) is 1.10. The van der Waals surface area contributed by atoms with Gasteiger partial charge >= 0.3 is 0 Å². The Morgan fingerprint density at radius 1 is 1.26 bits per heavy atom. The summed E-state index contributed by atoms with van der Waals surface area (Å²) in [6.45, 7) is 7.97. The highest BCUT2D eigenvalue weighted by Crippen LogP contribution is 2.33. The number of hydrogen-bond acceptors (Lipinski definition) is 7. The van der Waals surface area contributed by atoms with Crippen molar-refractivity contribution in [3.63, 3.8) is 0 Å². The first kappa shape index (κ1) is 27.7. The van der Waals surface area contributed by atoms with Gasteiger partial charge in [0.2, 0.25) is 5.91 Å². The Hall–Kier alpha value is -3.31. The van der Waals surface area contributed by atoms with Gasteiger partial charge in [-0.2, -0.15) is 0 Å². The van der Waals surface area contributed by atoms with Crippen LogP contribution in [-0.4, -0.2) is 62.7 Å². The first-order valence-electron chi connectivity index (χ1n) is 12.8. The molecule has 2 aromatic rings. The molecule has 9 nitrogen and oxygen atoms in total. The smallest absolute Gasteiger partial charge is 0.255 e.